The van der Waals surface area contributed by atoms with Crippen LogP contribution in [0.25, 0.3) is 16.8 Å². The molecule has 3 aromatic carbocycles. The number of benzene rings is 3. The van der Waals surface area contributed by atoms with Crippen molar-refractivity contribution in [1.82, 2.24) is 45.2 Å². The summed E-state index contributed by atoms with van der Waals surface area (Å²) in [7, 11) is -3.71. The average Bonchev–Trinajstić information content (AvgIpc) is 4.09. The van der Waals surface area contributed by atoms with Crippen molar-refractivity contribution in [1.29, 1.82) is 0 Å². The molecular formula is C43H38N10O7S2. The fourth-order valence-corrected chi connectivity index (χ4v) is 9.14. The van der Waals surface area contributed by atoms with Crippen LogP contribution in [-0.4, -0.2) is 83.9 Å². The van der Waals surface area contributed by atoms with Crippen LogP contribution in [0.1, 0.15) is 37.4 Å². The molecule has 2 amide bonds. The molecule has 3 N–H and O–H groups in total. The molecule has 0 unspecified atom stereocenters. The van der Waals surface area contributed by atoms with Gasteiger partial charge in [-0.05, 0) is 65.2 Å². The number of sulfone groups is 2. The number of H-pyrrole nitrogens is 1. The molecule has 0 fully saturated rings. The highest BCUT2D eigenvalue weighted by atomic mass is 32.2. The number of anilines is 1. The molecule has 19 heteroatoms. The SMILES string of the molecule is CN(C)c1ccc(S(=O)(=O)c2ccc(CNC(=O)c3cnc4[nH]ncc4c3)cc2)cn1.O=C(NCc1ccc(S(=O)(=O)c2cccc3c2OCC3)cc1)c1cnc2nccn2c1. The second-order valence-electron chi connectivity index (χ2n) is 14.3. The minimum absolute atomic E-state index is 0.126. The van der Waals surface area contributed by atoms with Gasteiger partial charge >= 0.3 is 0 Å². The summed E-state index contributed by atoms with van der Waals surface area (Å²) < 4.78 is 59.0. The molecular weight excluding hydrogens is 833 g/mol. The smallest absolute Gasteiger partial charge is 0.254 e. The Kier molecular flexibility index (Phi) is 11.5. The number of hydrogen-bond acceptors (Lipinski definition) is 13. The van der Waals surface area contributed by atoms with E-state index in [1.165, 1.54) is 36.8 Å². The molecule has 0 aliphatic carbocycles. The number of fused-ring (bicyclic) bond motifs is 3. The van der Waals surface area contributed by atoms with Crippen molar-refractivity contribution in [3.05, 3.63) is 156 Å². The van der Waals surface area contributed by atoms with Crippen LogP contribution in [0.3, 0.4) is 0 Å². The molecule has 0 radical (unpaired) electrons. The fourth-order valence-electron chi connectivity index (χ4n) is 6.49. The van der Waals surface area contributed by atoms with Gasteiger partial charge in [0.05, 0.1) is 38.6 Å². The number of rotatable bonds is 11. The molecule has 62 heavy (non-hydrogen) atoms. The third-order valence-corrected chi connectivity index (χ3v) is 13.4. The van der Waals surface area contributed by atoms with Crippen LogP contribution in [0, 0.1) is 0 Å². The van der Waals surface area contributed by atoms with Gasteiger partial charge in [-0.2, -0.15) is 5.10 Å². The lowest BCUT2D eigenvalue weighted by molar-refractivity contribution is 0.0942. The van der Waals surface area contributed by atoms with E-state index >= 15 is 0 Å². The molecule has 1 aliphatic rings. The lowest BCUT2D eigenvalue weighted by atomic mass is 10.2. The minimum atomic E-state index is -3.70. The third kappa shape index (κ3) is 8.70. The van der Waals surface area contributed by atoms with Crippen LogP contribution in [0.15, 0.2) is 148 Å². The lowest BCUT2D eigenvalue weighted by Crippen LogP contribution is -2.23. The number of imidazole rings is 1. The first-order valence-corrected chi connectivity index (χ1v) is 22.0. The zero-order chi connectivity index (χ0) is 43.4. The van der Waals surface area contributed by atoms with E-state index in [2.05, 4.69) is 40.8 Å². The summed E-state index contributed by atoms with van der Waals surface area (Å²) in [6.07, 6.45) is 11.6. The second-order valence-corrected chi connectivity index (χ2v) is 18.1. The van der Waals surface area contributed by atoms with Gasteiger partial charge in [0.1, 0.15) is 16.5 Å². The maximum Gasteiger partial charge on any atom is 0.254 e. The van der Waals surface area contributed by atoms with Crippen molar-refractivity contribution in [2.45, 2.75) is 39.1 Å². The van der Waals surface area contributed by atoms with Gasteiger partial charge in [-0.25, -0.2) is 36.8 Å². The summed E-state index contributed by atoms with van der Waals surface area (Å²) in [4.78, 5) is 43.7. The molecule has 6 heterocycles. The first kappa shape index (κ1) is 41.2. The largest absolute Gasteiger partial charge is 0.492 e. The number of aromatic nitrogens is 7. The predicted molar refractivity (Wildman–Crippen MR) is 227 cm³/mol. The number of aromatic amines is 1. The average molecular weight is 871 g/mol. The Morgan fingerprint density at radius 2 is 1.40 bits per heavy atom. The second kappa shape index (κ2) is 17.2. The van der Waals surface area contributed by atoms with E-state index in [0.29, 0.717) is 47.1 Å². The van der Waals surface area contributed by atoms with Gasteiger partial charge in [0.25, 0.3) is 11.8 Å². The molecule has 0 atom stereocenters. The van der Waals surface area contributed by atoms with Gasteiger partial charge in [-0.1, -0.05) is 36.4 Å². The van der Waals surface area contributed by atoms with E-state index in [1.54, 1.807) is 94.8 Å². The zero-order valence-electron chi connectivity index (χ0n) is 33.3. The quantitative estimate of drug-likeness (QED) is 0.162. The van der Waals surface area contributed by atoms with E-state index in [9.17, 15) is 26.4 Å². The van der Waals surface area contributed by atoms with Crippen molar-refractivity contribution in [2.75, 3.05) is 25.6 Å². The molecule has 9 rings (SSSR count). The molecule has 314 valence electrons. The number of carbonyl (C=O) groups is 2. The van der Waals surface area contributed by atoms with Crippen LogP contribution < -0.4 is 20.3 Å². The first-order valence-electron chi connectivity index (χ1n) is 19.1. The monoisotopic (exact) mass is 870 g/mol. The zero-order valence-corrected chi connectivity index (χ0v) is 34.9. The van der Waals surface area contributed by atoms with E-state index in [4.69, 9.17) is 4.74 Å². The van der Waals surface area contributed by atoms with Gasteiger partial charge in [0.2, 0.25) is 25.5 Å². The number of amides is 2. The molecule has 17 nitrogen and oxygen atoms in total. The minimum Gasteiger partial charge on any atom is -0.492 e. The topological polar surface area (TPSA) is 224 Å². The van der Waals surface area contributed by atoms with Crippen LogP contribution in [-0.2, 0) is 39.2 Å². The number of para-hydroxylation sites is 1. The molecule has 5 aromatic heterocycles. The summed E-state index contributed by atoms with van der Waals surface area (Å²) >= 11 is 0. The predicted octanol–water partition coefficient (Wildman–Crippen LogP) is 4.61. The Labute approximate surface area is 355 Å². The van der Waals surface area contributed by atoms with Gasteiger partial charge < -0.3 is 20.3 Å². The highest BCUT2D eigenvalue weighted by molar-refractivity contribution is 7.91. The summed E-state index contributed by atoms with van der Waals surface area (Å²) in [5.41, 5.74) is 3.89. The van der Waals surface area contributed by atoms with Crippen molar-refractivity contribution >= 4 is 54.1 Å². The number of hydrogen-bond donors (Lipinski definition) is 3. The Hall–Kier alpha value is -7.51. The van der Waals surface area contributed by atoms with Gasteiger partial charge in [0.15, 0.2) is 5.65 Å². The Bertz CT molecular complexity index is 3150. The standard InChI is InChI=1S/C22H18N4O4S.C21H20N6O3S/c27-21(17-13-25-22-23-9-10-26(22)14-17)24-12-15-4-6-18(7-5-15)31(28,29)19-3-1-2-16-8-11-30-20(16)19;1-27(2)19-8-7-18(13-22-19)31(29,30)17-5-3-14(4-6-17)10-24-21(28)16-9-15-12-25-26-20(15)23-11-16/h1-7,9-10,13-14H,8,11-12H2,(H,24,27);3-9,11-13H,10H2,1-2H3,(H,24,28)(H,23,25,26). The highest BCUT2D eigenvalue weighted by Crippen LogP contribution is 2.36. The maximum atomic E-state index is 13.1. The van der Waals surface area contributed by atoms with E-state index in [0.717, 1.165) is 22.1 Å². The fraction of sp³-hybridized carbons (Fsp3) is 0.140. The Balaban J connectivity index is 0.000000171. The number of nitrogens with one attached hydrogen (secondary N) is 3. The number of ether oxygens (including phenoxy) is 1. The summed E-state index contributed by atoms with van der Waals surface area (Å²) in [6.45, 7) is 0.996. The third-order valence-electron chi connectivity index (χ3n) is 9.89. The van der Waals surface area contributed by atoms with Crippen molar-refractivity contribution in [3.63, 3.8) is 0 Å². The molecule has 1 aliphatic heterocycles. The number of pyridine rings is 2. The summed E-state index contributed by atoms with van der Waals surface area (Å²) in [5.74, 6) is 1.08. The van der Waals surface area contributed by atoms with Crippen molar-refractivity contribution in [2.24, 2.45) is 0 Å². The van der Waals surface area contributed by atoms with Crippen LogP contribution in [0.4, 0.5) is 5.82 Å². The molecule has 0 saturated carbocycles. The van der Waals surface area contributed by atoms with Crippen molar-refractivity contribution < 1.29 is 31.2 Å². The Morgan fingerprint density at radius 1 is 0.742 bits per heavy atom. The van der Waals surface area contributed by atoms with Crippen molar-refractivity contribution in [3.8, 4) is 5.75 Å². The van der Waals surface area contributed by atoms with Gasteiger partial charge in [-0.15, -0.1) is 0 Å². The van der Waals surface area contributed by atoms with E-state index in [-0.39, 0.29) is 44.5 Å². The molecule has 0 saturated heterocycles. The first-order chi connectivity index (χ1) is 29.9. The molecule has 8 aromatic rings. The van der Waals surface area contributed by atoms with Crippen LogP contribution >= 0.6 is 0 Å². The van der Waals surface area contributed by atoms with E-state index < -0.39 is 19.7 Å². The lowest BCUT2D eigenvalue weighted by Gasteiger charge is -2.12. The Morgan fingerprint density at radius 3 is 2.08 bits per heavy atom. The maximum absolute atomic E-state index is 13.1. The summed E-state index contributed by atoms with van der Waals surface area (Å²) in [6, 6.07) is 22.9. The highest BCUT2D eigenvalue weighted by Gasteiger charge is 2.27. The normalized spacial score (nSPS) is 12.2. The van der Waals surface area contributed by atoms with Crippen LogP contribution in [0.5, 0.6) is 5.75 Å². The van der Waals surface area contributed by atoms with E-state index in [1.807, 2.05) is 20.2 Å². The molecule has 0 spiro atoms. The molecule has 0 bridgehead atoms. The van der Waals surface area contributed by atoms with Gasteiger partial charge in [-0.3, -0.25) is 19.1 Å². The van der Waals surface area contributed by atoms with Crippen LogP contribution in [0.2, 0.25) is 0 Å². The number of carbonyl (C=O) groups excluding carboxylic acids is 2. The number of nitrogens with zero attached hydrogens (tertiary/aromatic N) is 7. The van der Waals surface area contributed by atoms with Gasteiger partial charge in [0, 0.05) is 76.2 Å². The summed E-state index contributed by atoms with van der Waals surface area (Å²) in [5, 5.41) is 13.0.